The zero-order valence-electron chi connectivity index (χ0n) is 7.74. The third kappa shape index (κ3) is 1.49. The SMILES string of the molecule is CCN(C)C(=O)c1cccn1C. The van der Waals surface area contributed by atoms with Gasteiger partial charge in [-0.15, -0.1) is 0 Å². The van der Waals surface area contributed by atoms with Gasteiger partial charge in [0.25, 0.3) is 5.91 Å². The van der Waals surface area contributed by atoms with Crippen molar-refractivity contribution >= 4 is 5.91 Å². The maximum Gasteiger partial charge on any atom is 0.270 e. The molecular weight excluding hydrogens is 152 g/mol. The van der Waals surface area contributed by atoms with Crippen LogP contribution in [0.2, 0.25) is 0 Å². The average Bonchev–Trinajstić information content (AvgIpc) is 2.48. The first-order valence-corrected chi connectivity index (χ1v) is 4.03. The number of carbonyl (C=O) groups is 1. The van der Waals surface area contributed by atoms with Crippen LogP contribution in [0.25, 0.3) is 0 Å². The van der Waals surface area contributed by atoms with Crippen molar-refractivity contribution in [2.75, 3.05) is 13.6 Å². The molecule has 1 aromatic rings. The second kappa shape index (κ2) is 3.43. The highest BCUT2D eigenvalue weighted by Crippen LogP contribution is 2.02. The molecule has 0 saturated carbocycles. The molecule has 0 aliphatic heterocycles. The first-order chi connectivity index (χ1) is 5.66. The van der Waals surface area contributed by atoms with Gasteiger partial charge < -0.3 is 9.47 Å². The van der Waals surface area contributed by atoms with E-state index in [9.17, 15) is 4.79 Å². The zero-order chi connectivity index (χ0) is 9.14. The van der Waals surface area contributed by atoms with Crippen molar-refractivity contribution in [3.8, 4) is 0 Å². The van der Waals surface area contributed by atoms with E-state index >= 15 is 0 Å². The molecule has 3 nitrogen and oxygen atoms in total. The van der Waals surface area contributed by atoms with Crippen LogP contribution in [-0.2, 0) is 7.05 Å². The van der Waals surface area contributed by atoms with Crippen LogP contribution in [0.15, 0.2) is 18.3 Å². The van der Waals surface area contributed by atoms with Crippen molar-refractivity contribution < 1.29 is 4.79 Å². The van der Waals surface area contributed by atoms with Crippen LogP contribution < -0.4 is 0 Å². The van der Waals surface area contributed by atoms with E-state index in [4.69, 9.17) is 0 Å². The maximum atomic E-state index is 11.6. The lowest BCUT2D eigenvalue weighted by Gasteiger charge is -2.14. The Hall–Kier alpha value is -1.25. The highest BCUT2D eigenvalue weighted by atomic mass is 16.2. The van der Waals surface area contributed by atoms with Gasteiger partial charge in [0.2, 0.25) is 0 Å². The number of amides is 1. The molecule has 0 radical (unpaired) electrons. The van der Waals surface area contributed by atoms with Gasteiger partial charge in [0.15, 0.2) is 0 Å². The van der Waals surface area contributed by atoms with Gasteiger partial charge in [-0.2, -0.15) is 0 Å². The molecule has 1 heterocycles. The lowest BCUT2D eigenvalue weighted by Crippen LogP contribution is -2.27. The van der Waals surface area contributed by atoms with Gasteiger partial charge in [0.1, 0.15) is 5.69 Å². The van der Waals surface area contributed by atoms with Crippen molar-refractivity contribution in [1.29, 1.82) is 0 Å². The van der Waals surface area contributed by atoms with Crippen LogP contribution >= 0.6 is 0 Å². The predicted molar refractivity (Wildman–Crippen MR) is 48.0 cm³/mol. The fourth-order valence-corrected chi connectivity index (χ4v) is 1.02. The van der Waals surface area contributed by atoms with Gasteiger partial charge in [-0.05, 0) is 19.1 Å². The van der Waals surface area contributed by atoms with Crippen LogP contribution in [0.4, 0.5) is 0 Å². The summed E-state index contributed by atoms with van der Waals surface area (Å²) in [6.45, 7) is 2.70. The summed E-state index contributed by atoms with van der Waals surface area (Å²) >= 11 is 0. The number of carbonyl (C=O) groups excluding carboxylic acids is 1. The fraction of sp³-hybridized carbons (Fsp3) is 0.444. The summed E-state index contributed by atoms with van der Waals surface area (Å²) in [5.41, 5.74) is 0.736. The summed E-state index contributed by atoms with van der Waals surface area (Å²) in [4.78, 5) is 13.3. The third-order valence-corrected chi connectivity index (χ3v) is 1.98. The quantitative estimate of drug-likeness (QED) is 0.646. The Kier molecular flexibility index (Phi) is 2.53. The number of nitrogens with zero attached hydrogens (tertiary/aromatic N) is 2. The van der Waals surface area contributed by atoms with Crippen LogP contribution in [-0.4, -0.2) is 29.0 Å². The molecule has 0 spiro atoms. The van der Waals surface area contributed by atoms with Crippen molar-refractivity contribution in [2.24, 2.45) is 7.05 Å². The monoisotopic (exact) mass is 166 g/mol. The van der Waals surface area contributed by atoms with E-state index in [2.05, 4.69) is 0 Å². The Balaban J connectivity index is 2.85. The number of aryl methyl sites for hydroxylation is 1. The molecule has 0 atom stereocenters. The largest absolute Gasteiger partial charge is 0.347 e. The van der Waals surface area contributed by atoms with Gasteiger partial charge >= 0.3 is 0 Å². The van der Waals surface area contributed by atoms with E-state index in [0.717, 1.165) is 12.2 Å². The minimum atomic E-state index is 0.0741. The van der Waals surface area contributed by atoms with Gasteiger partial charge in [-0.3, -0.25) is 4.79 Å². The van der Waals surface area contributed by atoms with E-state index in [1.165, 1.54) is 0 Å². The maximum absolute atomic E-state index is 11.6. The van der Waals surface area contributed by atoms with Gasteiger partial charge in [0, 0.05) is 26.8 Å². The summed E-state index contributed by atoms with van der Waals surface area (Å²) in [6, 6.07) is 3.70. The van der Waals surface area contributed by atoms with Gasteiger partial charge in [-0.1, -0.05) is 0 Å². The molecule has 0 aromatic carbocycles. The summed E-state index contributed by atoms with van der Waals surface area (Å²) in [5, 5.41) is 0. The average molecular weight is 166 g/mol. The number of hydrogen-bond donors (Lipinski definition) is 0. The molecule has 3 heteroatoms. The molecule has 0 aliphatic carbocycles. The van der Waals surface area contributed by atoms with Crippen molar-refractivity contribution in [1.82, 2.24) is 9.47 Å². The zero-order valence-corrected chi connectivity index (χ0v) is 7.74. The fourth-order valence-electron chi connectivity index (χ4n) is 1.02. The molecule has 1 amide bonds. The van der Waals surface area contributed by atoms with E-state index in [0.29, 0.717) is 0 Å². The lowest BCUT2D eigenvalue weighted by molar-refractivity contribution is 0.0793. The summed E-state index contributed by atoms with van der Waals surface area (Å²) in [5.74, 6) is 0.0741. The van der Waals surface area contributed by atoms with Crippen LogP contribution in [0.5, 0.6) is 0 Å². The highest BCUT2D eigenvalue weighted by molar-refractivity contribution is 5.92. The molecule has 12 heavy (non-hydrogen) atoms. The molecule has 0 fully saturated rings. The minimum Gasteiger partial charge on any atom is -0.347 e. The third-order valence-electron chi connectivity index (χ3n) is 1.98. The molecule has 0 unspecified atom stereocenters. The first-order valence-electron chi connectivity index (χ1n) is 4.03. The molecular formula is C9H14N2O. The van der Waals surface area contributed by atoms with Crippen LogP contribution in [0.1, 0.15) is 17.4 Å². The predicted octanol–water partition coefficient (Wildman–Crippen LogP) is 1.12. The Labute approximate surface area is 72.6 Å². The number of hydrogen-bond acceptors (Lipinski definition) is 1. The smallest absolute Gasteiger partial charge is 0.270 e. The Morgan fingerprint density at radius 1 is 1.67 bits per heavy atom. The molecule has 0 aliphatic rings. The molecule has 0 N–H and O–H groups in total. The minimum absolute atomic E-state index is 0.0741. The number of aromatic nitrogens is 1. The molecule has 0 bridgehead atoms. The highest BCUT2D eigenvalue weighted by Gasteiger charge is 2.11. The van der Waals surface area contributed by atoms with E-state index in [-0.39, 0.29) is 5.91 Å². The van der Waals surface area contributed by atoms with E-state index < -0.39 is 0 Å². The molecule has 1 aromatic heterocycles. The lowest BCUT2D eigenvalue weighted by atomic mass is 10.4. The Morgan fingerprint density at radius 3 is 2.75 bits per heavy atom. The van der Waals surface area contributed by atoms with Crippen LogP contribution in [0, 0.1) is 0 Å². The summed E-state index contributed by atoms with van der Waals surface area (Å²) in [6.07, 6.45) is 1.87. The van der Waals surface area contributed by atoms with Crippen molar-refractivity contribution in [3.05, 3.63) is 24.0 Å². The Morgan fingerprint density at radius 2 is 2.33 bits per heavy atom. The molecule has 66 valence electrons. The molecule has 0 saturated heterocycles. The number of rotatable bonds is 2. The summed E-state index contributed by atoms with van der Waals surface area (Å²) < 4.78 is 1.83. The van der Waals surface area contributed by atoms with Gasteiger partial charge in [0.05, 0.1) is 0 Å². The molecule has 1 rings (SSSR count). The first kappa shape index (κ1) is 8.84. The second-order valence-electron chi connectivity index (χ2n) is 2.82. The van der Waals surface area contributed by atoms with Crippen LogP contribution in [0.3, 0.4) is 0 Å². The standard InChI is InChI=1S/C9H14N2O/c1-4-10(2)9(12)8-6-5-7-11(8)3/h5-7H,4H2,1-3H3. The van der Waals surface area contributed by atoms with E-state index in [1.54, 1.807) is 11.9 Å². The van der Waals surface area contributed by atoms with E-state index in [1.807, 2.05) is 36.9 Å². The Bertz CT molecular complexity index is 278. The topological polar surface area (TPSA) is 25.2 Å². The van der Waals surface area contributed by atoms with Crippen molar-refractivity contribution in [3.63, 3.8) is 0 Å². The summed E-state index contributed by atoms with van der Waals surface area (Å²) in [7, 11) is 3.67. The second-order valence-corrected chi connectivity index (χ2v) is 2.82. The van der Waals surface area contributed by atoms with Crippen molar-refractivity contribution in [2.45, 2.75) is 6.92 Å². The normalized spacial score (nSPS) is 9.92. The van der Waals surface area contributed by atoms with Gasteiger partial charge in [-0.25, -0.2) is 0 Å².